The van der Waals surface area contributed by atoms with Crippen molar-refractivity contribution in [2.45, 2.75) is 63.4 Å². The van der Waals surface area contributed by atoms with E-state index in [4.69, 9.17) is 23.7 Å². The molecule has 0 spiro atoms. The molecule has 0 radical (unpaired) electrons. The lowest BCUT2D eigenvalue weighted by Gasteiger charge is -2.38. The van der Waals surface area contributed by atoms with Crippen molar-refractivity contribution in [2.24, 2.45) is 0 Å². The summed E-state index contributed by atoms with van der Waals surface area (Å²) in [6.45, 7) is 7.09. The fourth-order valence-electron chi connectivity index (χ4n) is 2.82. The van der Waals surface area contributed by atoms with E-state index in [2.05, 4.69) is 0 Å². The van der Waals surface area contributed by atoms with Crippen LogP contribution < -0.4 is 0 Å². The molecule has 0 saturated carbocycles. The summed E-state index contributed by atoms with van der Waals surface area (Å²) in [4.78, 5) is 11.6. The Morgan fingerprint density at radius 3 is 2.42 bits per heavy atom. The van der Waals surface area contributed by atoms with Crippen LogP contribution >= 0.6 is 0 Å². The van der Waals surface area contributed by atoms with E-state index in [0.29, 0.717) is 0 Å². The Morgan fingerprint density at radius 1 is 1.11 bits per heavy atom. The molecule has 0 bridgehead atoms. The molecule has 0 aromatic rings. The zero-order chi connectivity index (χ0) is 14.1. The Morgan fingerprint density at radius 2 is 1.79 bits per heavy atom. The summed E-state index contributed by atoms with van der Waals surface area (Å²) in [5.41, 5.74) is 0. The van der Waals surface area contributed by atoms with Crippen LogP contribution in [0.2, 0.25) is 0 Å². The summed E-state index contributed by atoms with van der Waals surface area (Å²) < 4.78 is 28.0. The highest BCUT2D eigenvalue weighted by atomic mass is 16.9. The molecule has 19 heavy (non-hydrogen) atoms. The quantitative estimate of drug-likeness (QED) is 0.744. The Hall–Kier alpha value is -0.730. The summed E-state index contributed by atoms with van der Waals surface area (Å²) in [7, 11) is 0. The second-order valence-electron chi connectivity index (χ2n) is 5.96. The molecule has 0 aliphatic carbocycles. The van der Waals surface area contributed by atoms with Gasteiger partial charge in [0.1, 0.15) is 12.2 Å². The Kier molecular flexibility index (Phi) is 2.57. The third kappa shape index (κ3) is 1.88. The summed E-state index contributed by atoms with van der Waals surface area (Å²) in [5, 5.41) is 9.46. The Labute approximate surface area is 110 Å². The highest BCUT2D eigenvalue weighted by Crippen LogP contribution is 2.48. The normalized spacial score (nSPS) is 46.6. The molecule has 0 aromatic heterocycles. The number of ether oxygens (including phenoxy) is 5. The summed E-state index contributed by atoms with van der Waals surface area (Å²) in [6.07, 6.45) is -1.85. The van der Waals surface area contributed by atoms with E-state index in [-0.39, 0.29) is 6.61 Å². The largest absolute Gasteiger partial charge is 0.477 e. The van der Waals surface area contributed by atoms with Gasteiger partial charge in [0.15, 0.2) is 17.7 Å². The number of carboxylic acid groups (broad SMARTS) is 1. The maximum absolute atomic E-state index is 11.6. The van der Waals surface area contributed by atoms with E-state index < -0.39 is 41.6 Å². The first-order chi connectivity index (χ1) is 8.65. The average Bonchev–Trinajstić information content (AvgIpc) is 2.67. The van der Waals surface area contributed by atoms with E-state index in [1.165, 1.54) is 0 Å². The number of carbonyl (C=O) groups is 1. The van der Waals surface area contributed by atoms with Crippen molar-refractivity contribution in [2.75, 3.05) is 6.61 Å². The van der Waals surface area contributed by atoms with E-state index >= 15 is 0 Å². The standard InChI is InChI=1S/C12H18O7/c1-10(2)15-5-6-7(17-10)8-12(16-6,9(13)14)19-11(3,4)18-8/h6-8H,5H2,1-4H3,(H,13,14)/t6-,7+,8?,12+/m0/s1. The molecule has 3 aliphatic rings. The van der Waals surface area contributed by atoms with Gasteiger partial charge >= 0.3 is 11.8 Å². The van der Waals surface area contributed by atoms with Gasteiger partial charge in [-0.1, -0.05) is 0 Å². The molecule has 3 rings (SSSR count). The predicted molar refractivity (Wildman–Crippen MR) is 60.2 cm³/mol. The van der Waals surface area contributed by atoms with Crippen molar-refractivity contribution in [3.63, 3.8) is 0 Å². The lowest BCUT2D eigenvalue weighted by atomic mass is 10.0. The van der Waals surface area contributed by atoms with Gasteiger partial charge in [-0.25, -0.2) is 4.79 Å². The van der Waals surface area contributed by atoms with Crippen LogP contribution in [0, 0.1) is 0 Å². The van der Waals surface area contributed by atoms with Crippen LogP contribution in [0.3, 0.4) is 0 Å². The highest BCUT2D eigenvalue weighted by molar-refractivity contribution is 5.77. The number of hydrogen-bond acceptors (Lipinski definition) is 6. The van der Waals surface area contributed by atoms with Crippen LogP contribution in [0.1, 0.15) is 27.7 Å². The van der Waals surface area contributed by atoms with Gasteiger partial charge in [-0.05, 0) is 27.7 Å². The fraction of sp³-hybridized carbons (Fsp3) is 0.917. The Balaban J connectivity index is 1.94. The van der Waals surface area contributed by atoms with Crippen molar-refractivity contribution >= 4 is 5.97 Å². The number of fused-ring (bicyclic) bond motifs is 3. The molecule has 3 aliphatic heterocycles. The highest BCUT2D eigenvalue weighted by Gasteiger charge is 2.71. The minimum absolute atomic E-state index is 0.246. The van der Waals surface area contributed by atoms with Crippen LogP contribution in [0.4, 0.5) is 0 Å². The van der Waals surface area contributed by atoms with Gasteiger partial charge in [0.25, 0.3) is 0 Å². The second-order valence-corrected chi connectivity index (χ2v) is 5.96. The van der Waals surface area contributed by atoms with E-state index in [1.54, 1.807) is 27.7 Å². The lowest BCUT2D eigenvalue weighted by Crippen LogP contribution is -2.52. The fourth-order valence-corrected chi connectivity index (χ4v) is 2.82. The third-order valence-electron chi connectivity index (χ3n) is 3.49. The van der Waals surface area contributed by atoms with E-state index in [1.807, 2.05) is 0 Å². The van der Waals surface area contributed by atoms with Crippen LogP contribution in [0.5, 0.6) is 0 Å². The maximum atomic E-state index is 11.6. The molecule has 3 heterocycles. The molecule has 4 atom stereocenters. The van der Waals surface area contributed by atoms with Crippen molar-refractivity contribution < 1.29 is 33.6 Å². The first-order valence-corrected chi connectivity index (χ1v) is 6.26. The number of hydrogen-bond donors (Lipinski definition) is 1. The molecule has 3 fully saturated rings. The summed E-state index contributed by atoms with van der Waals surface area (Å²) in [6, 6.07) is 0. The molecule has 7 heteroatoms. The third-order valence-corrected chi connectivity index (χ3v) is 3.49. The van der Waals surface area contributed by atoms with Crippen molar-refractivity contribution in [1.29, 1.82) is 0 Å². The number of carboxylic acids is 1. The summed E-state index contributed by atoms with van der Waals surface area (Å²) in [5.74, 6) is -4.85. The van der Waals surface area contributed by atoms with Crippen molar-refractivity contribution in [1.82, 2.24) is 0 Å². The zero-order valence-electron chi connectivity index (χ0n) is 11.3. The van der Waals surface area contributed by atoms with Crippen molar-refractivity contribution in [3.05, 3.63) is 0 Å². The molecule has 0 amide bonds. The monoisotopic (exact) mass is 274 g/mol. The van der Waals surface area contributed by atoms with Crippen LogP contribution in [-0.2, 0) is 28.5 Å². The van der Waals surface area contributed by atoms with Gasteiger partial charge in [-0.15, -0.1) is 0 Å². The van der Waals surface area contributed by atoms with E-state index in [0.717, 1.165) is 0 Å². The van der Waals surface area contributed by atoms with Gasteiger partial charge in [0.2, 0.25) is 0 Å². The van der Waals surface area contributed by atoms with Gasteiger partial charge < -0.3 is 28.8 Å². The average molecular weight is 274 g/mol. The molecule has 1 N–H and O–H groups in total. The van der Waals surface area contributed by atoms with Gasteiger partial charge in [-0.3, -0.25) is 0 Å². The molecular weight excluding hydrogens is 256 g/mol. The lowest BCUT2D eigenvalue weighted by molar-refractivity contribution is -0.325. The molecule has 108 valence electrons. The summed E-state index contributed by atoms with van der Waals surface area (Å²) >= 11 is 0. The molecule has 3 saturated heterocycles. The first-order valence-electron chi connectivity index (χ1n) is 6.26. The van der Waals surface area contributed by atoms with Gasteiger partial charge in [0, 0.05) is 0 Å². The molecular formula is C12H18O7. The van der Waals surface area contributed by atoms with Gasteiger partial charge in [0.05, 0.1) is 6.61 Å². The van der Waals surface area contributed by atoms with E-state index in [9.17, 15) is 9.90 Å². The molecule has 7 nitrogen and oxygen atoms in total. The van der Waals surface area contributed by atoms with Gasteiger partial charge in [-0.2, -0.15) is 0 Å². The zero-order valence-corrected chi connectivity index (χ0v) is 11.3. The number of rotatable bonds is 1. The van der Waals surface area contributed by atoms with Crippen LogP contribution in [0.25, 0.3) is 0 Å². The minimum Gasteiger partial charge on any atom is -0.477 e. The predicted octanol–water partition coefficient (Wildman–Crippen LogP) is 0.469. The Bertz CT molecular complexity index is 418. The van der Waals surface area contributed by atoms with Crippen molar-refractivity contribution in [3.8, 4) is 0 Å². The SMILES string of the molecule is CC1(C)OC[C@@H]2O[C@@]3(C(=O)O)OC(C)(C)OC3[C@@H]2O1. The van der Waals surface area contributed by atoms with Crippen LogP contribution in [-0.4, -0.2) is 53.4 Å². The molecule has 1 unspecified atom stereocenters. The molecule has 0 aromatic carbocycles. The topological polar surface area (TPSA) is 83.5 Å². The minimum atomic E-state index is -1.82. The van der Waals surface area contributed by atoms with Crippen LogP contribution in [0.15, 0.2) is 0 Å². The second kappa shape index (κ2) is 3.67. The smallest absolute Gasteiger partial charge is 0.367 e. The first kappa shape index (κ1) is 13.3. The maximum Gasteiger partial charge on any atom is 0.367 e. The number of aliphatic carboxylic acids is 1.